The zero-order valence-electron chi connectivity index (χ0n) is 17.0. The van der Waals surface area contributed by atoms with Crippen LogP contribution >= 0.6 is 12.2 Å². The van der Waals surface area contributed by atoms with Crippen molar-refractivity contribution in [2.75, 3.05) is 6.54 Å². The fourth-order valence-electron chi connectivity index (χ4n) is 3.07. The first-order valence-corrected chi connectivity index (χ1v) is 11.2. The number of carbonyl (C=O) groups is 1. The van der Waals surface area contributed by atoms with Crippen molar-refractivity contribution in [1.29, 1.82) is 0 Å². The molecule has 0 fully saturated rings. The van der Waals surface area contributed by atoms with Gasteiger partial charge in [-0.05, 0) is 25.1 Å². The molecule has 0 spiro atoms. The monoisotopic (exact) mass is 394 g/mol. The average molecular weight is 395 g/mol. The van der Waals surface area contributed by atoms with Crippen LogP contribution in [0.25, 0.3) is 0 Å². The maximum atomic E-state index is 11.9. The SMILES string of the molecule is CCCCCCCCCCCCCC(=O)NC(=S)NCCCn1ccnc1. The fourth-order valence-corrected chi connectivity index (χ4v) is 3.28. The molecule has 0 aliphatic heterocycles. The zero-order chi connectivity index (χ0) is 19.6. The van der Waals surface area contributed by atoms with Crippen LogP contribution in [0.2, 0.25) is 0 Å². The second kappa shape index (κ2) is 16.7. The number of carbonyl (C=O) groups excluding carboxylic acids is 1. The number of amides is 1. The van der Waals surface area contributed by atoms with E-state index in [0.717, 1.165) is 32.4 Å². The van der Waals surface area contributed by atoms with E-state index in [2.05, 4.69) is 22.5 Å². The molecule has 0 unspecified atom stereocenters. The Balaban J connectivity index is 1.85. The molecular formula is C21H38N4OS. The van der Waals surface area contributed by atoms with Crippen molar-refractivity contribution in [3.05, 3.63) is 18.7 Å². The van der Waals surface area contributed by atoms with E-state index in [1.165, 1.54) is 57.8 Å². The number of nitrogens with one attached hydrogen (secondary N) is 2. The lowest BCUT2D eigenvalue weighted by Gasteiger charge is -2.09. The third-order valence-electron chi connectivity index (χ3n) is 4.70. The van der Waals surface area contributed by atoms with Gasteiger partial charge in [0, 0.05) is 31.9 Å². The van der Waals surface area contributed by atoms with Crippen LogP contribution < -0.4 is 10.6 Å². The Morgan fingerprint density at radius 1 is 0.963 bits per heavy atom. The molecule has 1 amide bonds. The Labute approximate surface area is 170 Å². The number of hydrogen-bond donors (Lipinski definition) is 2. The number of imidazole rings is 1. The lowest BCUT2D eigenvalue weighted by atomic mass is 10.1. The van der Waals surface area contributed by atoms with Crippen molar-refractivity contribution in [1.82, 2.24) is 20.2 Å². The molecule has 2 N–H and O–H groups in total. The highest BCUT2D eigenvalue weighted by molar-refractivity contribution is 7.80. The molecule has 154 valence electrons. The van der Waals surface area contributed by atoms with Crippen LogP contribution in [0.15, 0.2) is 18.7 Å². The molecule has 0 aromatic carbocycles. The number of unbranched alkanes of at least 4 members (excludes halogenated alkanes) is 10. The molecule has 0 bridgehead atoms. The van der Waals surface area contributed by atoms with Crippen LogP contribution in [0, 0.1) is 0 Å². The highest BCUT2D eigenvalue weighted by atomic mass is 32.1. The molecule has 1 rings (SSSR count). The summed E-state index contributed by atoms with van der Waals surface area (Å²) >= 11 is 5.17. The fraction of sp³-hybridized carbons (Fsp3) is 0.762. The first kappa shape index (κ1) is 23.6. The summed E-state index contributed by atoms with van der Waals surface area (Å²) in [5.41, 5.74) is 0. The van der Waals surface area contributed by atoms with Gasteiger partial charge in [-0.1, -0.05) is 71.1 Å². The summed E-state index contributed by atoms with van der Waals surface area (Å²) in [5, 5.41) is 6.29. The van der Waals surface area contributed by atoms with Gasteiger partial charge < -0.3 is 15.2 Å². The Morgan fingerprint density at radius 2 is 1.59 bits per heavy atom. The second-order valence-electron chi connectivity index (χ2n) is 7.24. The topological polar surface area (TPSA) is 59.0 Å². The van der Waals surface area contributed by atoms with Gasteiger partial charge in [0.1, 0.15) is 0 Å². The largest absolute Gasteiger partial charge is 0.362 e. The Hall–Kier alpha value is -1.43. The van der Waals surface area contributed by atoms with Crippen LogP contribution in [-0.2, 0) is 11.3 Å². The number of hydrogen-bond acceptors (Lipinski definition) is 3. The third kappa shape index (κ3) is 14.3. The third-order valence-corrected chi connectivity index (χ3v) is 4.94. The number of aryl methyl sites for hydroxylation is 1. The molecule has 6 heteroatoms. The maximum Gasteiger partial charge on any atom is 0.226 e. The first-order valence-electron chi connectivity index (χ1n) is 10.8. The van der Waals surface area contributed by atoms with E-state index in [1.54, 1.807) is 12.5 Å². The van der Waals surface area contributed by atoms with Crippen molar-refractivity contribution in [3.63, 3.8) is 0 Å². The van der Waals surface area contributed by atoms with Gasteiger partial charge in [0.2, 0.25) is 5.91 Å². The Kier molecular flexibility index (Phi) is 14.6. The molecule has 0 radical (unpaired) electrons. The van der Waals surface area contributed by atoms with Crippen LogP contribution in [-0.4, -0.2) is 27.1 Å². The molecule has 0 saturated heterocycles. The van der Waals surface area contributed by atoms with Gasteiger partial charge in [-0.3, -0.25) is 4.79 Å². The molecule has 0 saturated carbocycles. The number of aromatic nitrogens is 2. The summed E-state index contributed by atoms with van der Waals surface area (Å²) in [6, 6.07) is 0. The minimum Gasteiger partial charge on any atom is -0.362 e. The number of rotatable bonds is 16. The summed E-state index contributed by atoms with van der Waals surface area (Å²) in [6.45, 7) is 3.90. The van der Waals surface area contributed by atoms with Gasteiger partial charge in [0.05, 0.1) is 6.33 Å². The average Bonchev–Trinajstić information content (AvgIpc) is 3.17. The van der Waals surface area contributed by atoms with E-state index in [9.17, 15) is 4.79 Å². The molecular weight excluding hydrogens is 356 g/mol. The van der Waals surface area contributed by atoms with Gasteiger partial charge in [-0.25, -0.2) is 4.98 Å². The molecule has 0 atom stereocenters. The van der Waals surface area contributed by atoms with Crippen LogP contribution in [0.4, 0.5) is 0 Å². The lowest BCUT2D eigenvalue weighted by Crippen LogP contribution is -2.39. The van der Waals surface area contributed by atoms with Crippen molar-refractivity contribution in [2.24, 2.45) is 0 Å². The van der Waals surface area contributed by atoms with E-state index >= 15 is 0 Å². The van der Waals surface area contributed by atoms with Crippen molar-refractivity contribution < 1.29 is 4.79 Å². The van der Waals surface area contributed by atoms with Crippen molar-refractivity contribution >= 4 is 23.2 Å². The van der Waals surface area contributed by atoms with Crippen LogP contribution in [0.5, 0.6) is 0 Å². The second-order valence-corrected chi connectivity index (χ2v) is 7.65. The van der Waals surface area contributed by atoms with E-state index in [1.807, 2.05) is 10.8 Å². The van der Waals surface area contributed by atoms with Gasteiger partial charge in [-0.2, -0.15) is 0 Å². The van der Waals surface area contributed by atoms with Crippen molar-refractivity contribution in [3.8, 4) is 0 Å². The molecule has 1 aromatic rings. The smallest absolute Gasteiger partial charge is 0.226 e. The number of nitrogens with zero attached hydrogens (tertiary/aromatic N) is 2. The van der Waals surface area contributed by atoms with Crippen LogP contribution in [0.3, 0.4) is 0 Å². The quantitative estimate of drug-likeness (QED) is 0.307. The summed E-state index contributed by atoms with van der Waals surface area (Å²) in [4.78, 5) is 15.9. The van der Waals surface area contributed by atoms with Gasteiger partial charge in [-0.15, -0.1) is 0 Å². The first-order chi connectivity index (χ1) is 13.2. The van der Waals surface area contributed by atoms with Crippen LogP contribution in [0.1, 0.15) is 90.4 Å². The Morgan fingerprint density at radius 3 is 2.19 bits per heavy atom. The minimum absolute atomic E-state index is 0.0260. The molecule has 1 heterocycles. The molecule has 0 aliphatic rings. The van der Waals surface area contributed by atoms with Gasteiger partial charge >= 0.3 is 0 Å². The maximum absolute atomic E-state index is 11.9. The minimum atomic E-state index is 0.0260. The predicted molar refractivity (Wildman–Crippen MR) is 117 cm³/mol. The molecule has 27 heavy (non-hydrogen) atoms. The highest BCUT2D eigenvalue weighted by Crippen LogP contribution is 2.11. The zero-order valence-corrected chi connectivity index (χ0v) is 17.9. The highest BCUT2D eigenvalue weighted by Gasteiger charge is 2.04. The van der Waals surface area contributed by atoms with Crippen molar-refractivity contribution in [2.45, 2.75) is 96.9 Å². The Bertz CT molecular complexity index is 490. The number of thiocarbonyl (C=S) groups is 1. The van der Waals surface area contributed by atoms with Gasteiger partial charge in [0.15, 0.2) is 5.11 Å². The summed E-state index contributed by atoms with van der Waals surface area (Å²) in [6.07, 6.45) is 21.2. The van der Waals surface area contributed by atoms with E-state index in [4.69, 9.17) is 12.2 Å². The normalized spacial score (nSPS) is 10.7. The predicted octanol–water partition coefficient (Wildman–Crippen LogP) is 4.97. The van der Waals surface area contributed by atoms with E-state index in [0.29, 0.717) is 11.5 Å². The van der Waals surface area contributed by atoms with Gasteiger partial charge in [0.25, 0.3) is 0 Å². The van der Waals surface area contributed by atoms with E-state index in [-0.39, 0.29) is 5.91 Å². The molecule has 1 aromatic heterocycles. The summed E-state index contributed by atoms with van der Waals surface area (Å²) in [5.74, 6) is 0.0260. The van der Waals surface area contributed by atoms with E-state index < -0.39 is 0 Å². The molecule has 0 aliphatic carbocycles. The standard InChI is InChI=1S/C21H38N4OS/c1-2-3-4-5-6-7-8-9-10-11-12-14-20(26)24-21(27)23-15-13-17-25-18-16-22-19-25/h16,18-19H,2-15,17H2,1H3,(H2,23,24,26,27). The molecule has 5 nitrogen and oxygen atoms in total. The summed E-state index contributed by atoms with van der Waals surface area (Å²) in [7, 11) is 0. The summed E-state index contributed by atoms with van der Waals surface area (Å²) < 4.78 is 2.02. The lowest BCUT2D eigenvalue weighted by molar-refractivity contribution is -0.119.